The molecule has 0 atom stereocenters. The molecule has 1 aromatic rings. The van der Waals surface area contributed by atoms with Crippen LogP contribution in [0.25, 0.3) is 0 Å². The Labute approximate surface area is 85.0 Å². The lowest BCUT2D eigenvalue weighted by Crippen LogP contribution is -2.57. The van der Waals surface area contributed by atoms with Crippen LogP contribution in [0.3, 0.4) is 0 Å². The van der Waals surface area contributed by atoms with E-state index in [9.17, 15) is 13.2 Å². The molecule has 84 valence electrons. The lowest BCUT2D eigenvalue weighted by atomic mass is 9.98. The van der Waals surface area contributed by atoms with Gasteiger partial charge in [0.2, 0.25) is 0 Å². The number of halogens is 3. The molecule has 0 spiro atoms. The molecule has 6 heteroatoms. The van der Waals surface area contributed by atoms with Gasteiger partial charge in [0.25, 0.3) is 0 Å². The van der Waals surface area contributed by atoms with E-state index in [1.165, 1.54) is 18.2 Å². The Morgan fingerprint density at radius 1 is 1.13 bits per heavy atom. The van der Waals surface area contributed by atoms with E-state index in [1.54, 1.807) is 6.07 Å². The zero-order chi connectivity index (χ0) is 11.7. The minimum absolute atomic E-state index is 0.141. The van der Waals surface area contributed by atoms with Gasteiger partial charge in [-0.05, 0) is 11.1 Å². The van der Waals surface area contributed by atoms with Crippen LogP contribution in [0.4, 0.5) is 13.2 Å². The Balaban J connectivity index is 3.15. The predicted molar refractivity (Wildman–Crippen MR) is 50.4 cm³/mol. The van der Waals surface area contributed by atoms with E-state index in [1.807, 2.05) is 0 Å². The lowest BCUT2D eigenvalue weighted by molar-refractivity contribution is -0.188. The summed E-state index contributed by atoms with van der Waals surface area (Å²) in [5.41, 5.74) is 12.9. The first-order valence-corrected chi connectivity index (χ1v) is 4.23. The molecule has 15 heavy (non-hydrogen) atoms. The fourth-order valence-electron chi connectivity index (χ4n) is 1.12. The third-order valence-corrected chi connectivity index (χ3v) is 2.11. The Bertz CT molecular complexity index is 347. The van der Waals surface area contributed by atoms with Crippen LogP contribution in [-0.2, 0) is 12.2 Å². The molecule has 0 fully saturated rings. The summed E-state index contributed by atoms with van der Waals surface area (Å²) in [6, 6.07) is 5.54. The fourth-order valence-corrected chi connectivity index (χ4v) is 1.12. The van der Waals surface area contributed by atoms with Gasteiger partial charge in [-0.2, -0.15) is 13.2 Å². The van der Waals surface area contributed by atoms with Crippen LogP contribution >= 0.6 is 0 Å². The molecule has 0 amide bonds. The van der Waals surface area contributed by atoms with Gasteiger partial charge in [-0.15, -0.1) is 0 Å². The largest absolute Gasteiger partial charge is 0.423 e. The van der Waals surface area contributed by atoms with E-state index < -0.39 is 11.8 Å². The molecule has 0 heterocycles. The highest BCUT2D eigenvalue weighted by atomic mass is 19.4. The molecule has 0 aliphatic rings. The van der Waals surface area contributed by atoms with Crippen LogP contribution in [0.15, 0.2) is 24.3 Å². The monoisotopic (exact) mass is 219 g/mol. The molecule has 0 saturated heterocycles. The number of rotatable bonds is 2. The Morgan fingerprint density at radius 2 is 1.73 bits per heavy atom. The standard InChI is InChI=1S/C9H12F3N3/c10-9(11,12)8(14,15)7-3-1-2-6(4-7)5-13/h1-4H,5,13-15H2. The van der Waals surface area contributed by atoms with Gasteiger partial charge in [0, 0.05) is 6.54 Å². The summed E-state index contributed by atoms with van der Waals surface area (Å²) in [6.07, 6.45) is -4.69. The average molecular weight is 219 g/mol. The van der Waals surface area contributed by atoms with Crippen LogP contribution in [-0.4, -0.2) is 6.18 Å². The van der Waals surface area contributed by atoms with Crippen LogP contribution < -0.4 is 17.2 Å². The molecular formula is C9H12F3N3. The number of nitrogens with two attached hydrogens (primary N) is 3. The number of hydrogen-bond donors (Lipinski definition) is 3. The van der Waals surface area contributed by atoms with E-state index in [2.05, 4.69) is 0 Å². The second-order valence-electron chi connectivity index (χ2n) is 3.27. The van der Waals surface area contributed by atoms with E-state index in [0.29, 0.717) is 5.56 Å². The highest BCUT2D eigenvalue weighted by Gasteiger charge is 2.50. The molecule has 6 N–H and O–H groups in total. The van der Waals surface area contributed by atoms with Crippen molar-refractivity contribution in [1.82, 2.24) is 0 Å². The maximum absolute atomic E-state index is 12.5. The first-order valence-electron chi connectivity index (χ1n) is 4.23. The van der Waals surface area contributed by atoms with Gasteiger partial charge in [-0.25, -0.2) is 0 Å². The molecular weight excluding hydrogens is 207 g/mol. The number of benzene rings is 1. The Hall–Kier alpha value is -1.11. The van der Waals surface area contributed by atoms with Crippen molar-refractivity contribution in [2.24, 2.45) is 17.2 Å². The fraction of sp³-hybridized carbons (Fsp3) is 0.333. The van der Waals surface area contributed by atoms with Crippen molar-refractivity contribution >= 4 is 0 Å². The maximum atomic E-state index is 12.5. The quantitative estimate of drug-likeness (QED) is 0.643. The molecule has 0 saturated carbocycles. The van der Waals surface area contributed by atoms with Crippen molar-refractivity contribution in [2.45, 2.75) is 18.4 Å². The first kappa shape index (κ1) is 12.0. The van der Waals surface area contributed by atoms with Gasteiger partial charge in [0.15, 0.2) is 5.66 Å². The van der Waals surface area contributed by atoms with Gasteiger partial charge < -0.3 is 17.2 Å². The summed E-state index contributed by atoms with van der Waals surface area (Å²) in [5.74, 6) is 0. The van der Waals surface area contributed by atoms with Crippen molar-refractivity contribution in [3.05, 3.63) is 35.4 Å². The van der Waals surface area contributed by atoms with E-state index in [-0.39, 0.29) is 12.1 Å². The summed E-state index contributed by atoms with van der Waals surface area (Å²) in [7, 11) is 0. The van der Waals surface area contributed by atoms with Crippen LogP contribution in [0, 0.1) is 0 Å². The third-order valence-electron chi connectivity index (χ3n) is 2.11. The smallest absolute Gasteiger partial charge is 0.326 e. The lowest BCUT2D eigenvalue weighted by Gasteiger charge is -2.28. The normalized spacial score (nSPS) is 12.9. The Kier molecular flexibility index (Phi) is 3.03. The minimum atomic E-state index is -4.69. The van der Waals surface area contributed by atoms with Gasteiger partial charge in [-0.1, -0.05) is 24.3 Å². The van der Waals surface area contributed by atoms with Gasteiger partial charge in [-0.3, -0.25) is 0 Å². The van der Waals surface area contributed by atoms with E-state index >= 15 is 0 Å². The van der Waals surface area contributed by atoms with Gasteiger partial charge in [0.1, 0.15) is 0 Å². The SMILES string of the molecule is NCc1cccc(C(N)(N)C(F)(F)F)c1. The Morgan fingerprint density at radius 3 is 2.20 bits per heavy atom. The topological polar surface area (TPSA) is 78.1 Å². The molecule has 0 aromatic heterocycles. The molecule has 1 rings (SSSR count). The van der Waals surface area contributed by atoms with Crippen molar-refractivity contribution in [3.8, 4) is 0 Å². The molecule has 3 nitrogen and oxygen atoms in total. The van der Waals surface area contributed by atoms with Crippen LogP contribution in [0.2, 0.25) is 0 Å². The second-order valence-corrected chi connectivity index (χ2v) is 3.27. The molecule has 0 unspecified atom stereocenters. The van der Waals surface area contributed by atoms with Crippen LogP contribution in [0.1, 0.15) is 11.1 Å². The van der Waals surface area contributed by atoms with E-state index in [0.717, 1.165) is 0 Å². The predicted octanol–water partition coefficient (Wildman–Crippen LogP) is 0.778. The summed E-state index contributed by atoms with van der Waals surface area (Å²) in [5, 5.41) is 0. The molecule has 0 bridgehead atoms. The average Bonchev–Trinajstić information content (AvgIpc) is 2.16. The van der Waals surface area contributed by atoms with E-state index in [4.69, 9.17) is 17.2 Å². The van der Waals surface area contributed by atoms with Gasteiger partial charge >= 0.3 is 6.18 Å². The second kappa shape index (κ2) is 3.80. The summed E-state index contributed by atoms with van der Waals surface area (Å²) < 4.78 is 37.4. The molecule has 0 radical (unpaired) electrons. The molecule has 1 aromatic carbocycles. The van der Waals surface area contributed by atoms with Gasteiger partial charge in [0.05, 0.1) is 0 Å². The summed E-state index contributed by atoms with van der Waals surface area (Å²) in [6.45, 7) is 0.141. The zero-order valence-corrected chi connectivity index (χ0v) is 7.88. The van der Waals surface area contributed by atoms with Crippen LogP contribution in [0.5, 0.6) is 0 Å². The number of hydrogen-bond acceptors (Lipinski definition) is 3. The number of alkyl halides is 3. The van der Waals surface area contributed by atoms with Crippen molar-refractivity contribution in [2.75, 3.05) is 0 Å². The minimum Gasteiger partial charge on any atom is -0.326 e. The highest BCUT2D eigenvalue weighted by Crippen LogP contribution is 2.32. The molecule has 0 aliphatic carbocycles. The summed E-state index contributed by atoms with van der Waals surface area (Å²) >= 11 is 0. The van der Waals surface area contributed by atoms with Crippen molar-refractivity contribution in [3.63, 3.8) is 0 Å². The maximum Gasteiger partial charge on any atom is 0.423 e. The first-order chi connectivity index (χ1) is 6.79. The summed E-state index contributed by atoms with van der Waals surface area (Å²) in [4.78, 5) is 0. The van der Waals surface area contributed by atoms with Crippen molar-refractivity contribution in [1.29, 1.82) is 0 Å². The highest BCUT2D eigenvalue weighted by molar-refractivity contribution is 5.29. The molecule has 0 aliphatic heterocycles. The third kappa shape index (κ3) is 2.28. The zero-order valence-electron chi connectivity index (χ0n) is 7.88. The van der Waals surface area contributed by atoms with Crippen molar-refractivity contribution < 1.29 is 13.2 Å².